The van der Waals surface area contributed by atoms with Crippen molar-refractivity contribution in [3.05, 3.63) is 0 Å². The smallest absolute Gasteiger partial charge is 0.239 e. The minimum atomic E-state index is -0.0130. The van der Waals surface area contributed by atoms with E-state index in [4.69, 9.17) is 0 Å². The lowest BCUT2D eigenvalue weighted by Gasteiger charge is -2.35. The standard InChI is InChI=1S/C17H34N2O/c1-12(2)10-16(17(20)19(5)6)18-15-9-7-8-14(11-15)13(3)4/h12-16,18H,7-11H2,1-6H3. The van der Waals surface area contributed by atoms with Crippen LogP contribution in [0.2, 0.25) is 0 Å². The number of amides is 1. The summed E-state index contributed by atoms with van der Waals surface area (Å²) in [6.45, 7) is 9.03. The lowest BCUT2D eigenvalue weighted by Crippen LogP contribution is -2.50. The van der Waals surface area contributed by atoms with Crippen LogP contribution >= 0.6 is 0 Å². The number of likely N-dealkylation sites (N-methyl/N-ethyl adjacent to an activating group) is 1. The number of hydrogen-bond donors (Lipinski definition) is 1. The van der Waals surface area contributed by atoms with Gasteiger partial charge in [0, 0.05) is 20.1 Å². The molecule has 1 aliphatic carbocycles. The van der Waals surface area contributed by atoms with E-state index in [0.717, 1.165) is 18.3 Å². The van der Waals surface area contributed by atoms with Crippen molar-refractivity contribution >= 4 is 5.91 Å². The fraction of sp³-hybridized carbons (Fsp3) is 0.941. The summed E-state index contributed by atoms with van der Waals surface area (Å²) in [5.74, 6) is 2.34. The summed E-state index contributed by atoms with van der Waals surface area (Å²) in [7, 11) is 3.71. The summed E-state index contributed by atoms with van der Waals surface area (Å²) in [5.41, 5.74) is 0. The van der Waals surface area contributed by atoms with Gasteiger partial charge in [-0.1, -0.05) is 40.5 Å². The molecule has 1 N–H and O–H groups in total. The van der Waals surface area contributed by atoms with Gasteiger partial charge in [-0.05, 0) is 37.0 Å². The zero-order valence-corrected chi connectivity index (χ0v) is 14.3. The molecule has 3 nitrogen and oxygen atoms in total. The van der Waals surface area contributed by atoms with Gasteiger partial charge in [0.05, 0.1) is 6.04 Å². The Balaban J connectivity index is 2.62. The average Bonchev–Trinajstić information content (AvgIpc) is 2.36. The zero-order chi connectivity index (χ0) is 15.3. The molecule has 1 rings (SSSR count). The molecule has 3 atom stereocenters. The quantitative estimate of drug-likeness (QED) is 0.811. The molecule has 0 aromatic heterocycles. The second kappa shape index (κ2) is 8.02. The molecule has 3 unspecified atom stereocenters. The first-order chi connectivity index (χ1) is 9.31. The van der Waals surface area contributed by atoms with Crippen molar-refractivity contribution in [1.82, 2.24) is 10.2 Å². The fourth-order valence-corrected chi connectivity index (χ4v) is 3.29. The molecular formula is C17H34N2O. The van der Waals surface area contributed by atoms with Gasteiger partial charge in [-0.25, -0.2) is 0 Å². The van der Waals surface area contributed by atoms with Gasteiger partial charge in [0.15, 0.2) is 0 Å². The normalized spacial score (nSPS) is 25.0. The Bertz CT molecular complexity index is 299. The highest BCUT2D eigenvalue weighted by Gasteiger charge is 2.29. The summed E-state index contributed by atoms with van der Waals surface area (Å²) < 4.78 is 0. The summed E-state index contributed by atoms with van der Waals surface area (Å²) in [6, 6.07) is 0.504. The minimum absolute atomic E-state index is 0.0130. The highest BCUT2D eigenvalue weighted by atomic mass is 16.2. The molecule has 0 aliphatic heterocycles. The van der Waals surface area contributed by atoms with E-state index < -0.39 is 0 Å². The third-order valence-electron chi connectivity index (χ3n) is 4.54. The predicted molar refractivity (Wildman–Crippen MR) is 85.7 cm³/mol. The molecule has 0 saturated heterocycles. The highest BCUT2D eigenvalue weighted by molar-refractivity contribution is 5.81. The number of carbonyl (C=O) groups excluding carboxylic acids is 1. The van der Waals surface area contributed by atoms with Gasteiger partial charge in [0.2, 0.25) is 5.91 Å². The predicted octanol–water partition coefficient (Wildman–Crippen LogP) is 3.29. The maximum Gasteiger partial charge on any atom is 0.239 e. The largest absolute Gasteiger partial charge is 0.347 e. The van der Waals surface area contributed by atoms with E-state index in [1.165, 1.54) is 25.7 Å². The van der Waals surface area contributed by atoms with E-state index in [9.17, 15) is 4.79 Å². The Labute approximate surface area is 125 Å². The molecule has 0 bridgehead atoms. The average molecular weight is 282 g/mol. The van der Waals surface area contributed by atoms with Crippen LogP contribution < -0.4 is 5.32 Å². The molecule has 1 fully saturated rings. The van der Waals surface area contributed by atoms with E-state index in [1.807, 2.05) is 14.1 Å². The van der Waals surface area contributed by atoms with Crippen LogP contribution in [0.1, 0.15) is 59.8 Å². The van der Waals surface area contributed by atoms with Crippen LogP contribution in [0, 0.1) is 17.8 Å². The molecule has 0 aromatic carbocycles. The van der Waals surface area contributed by atoms with Gasteiger partial charge in [-0.15, -0.1) is 0 Å². The molecule has 0 spiro atoms. The third kappa shape index (κ3) is 5.43. The number of nitrogens with zero attached hydrogens (tertiary/aromatic N) is 1. The molecule has 1 aliphatic rings. The molecule has 1 amide bonds. The molecule has 3 heteroatoms. The minimum Gasteiger partial charge on any atom is -0.347 e. The number of carbonyl (C=O) groups is 1. The molecule has 0 radical (unpaired) electrons. The topological polar surface area (TPSA) is 32.3 Å². The van der Waals surface area contributed by atoms with E-state index in [1.54, 1.807) is 4.90 Å². The van der Waals surface area contributed by atoms with Crippen molar-refractivity contribution in [2.75, 3.05) is 14.1 Å². The molecule has 0 heterocycles. The van der Waals surface area contributed by atoms with Crippen molar-refractivity contribution in [2.24, 2.45) is 17.8 Å². The monoisotopic (exact) mass is 282 g/mol. The van der Waals surface area contributed by atoms with Gasteiger partial charge in [-0.3, -0.25) is 4.79 Å². The highest BCUT2D eigenvalue weighted by Crippen LogP contribution is 2.30. The first-order valence-electron chi connectivity index (χ1n) is 8.28. The lowest BCUT2D eigenvalue weighted by atomic mass is 9.79. The number of hydrogen-bond acceptors (Lipinski definition) is 2. The molecule has 0 aromatic rings. The van der Waals surface area contributed by atoms with Crippen LogP contribution in [0.15, 0.2) is 0 Å². The van der Waals surface area contributed by atoms with Crippen molar-refractivity contribution in [2.45, 2.75) is 71.9 Å². The third-order valence-corrected chi connectivity index (χ3v) is 4.54. The van der Waals surface area contributed by atoms with Crippen LogP contribution in [0.5, 0.6) is 0 Å². The molecule has 20 heavy (non-hydrogen) atoms. The van der Waals surface area contributed by atoms with E-state index in [2.05, 4.69) is 33.0 Å². The Hall–Kier alpha value is -0.570. The Morgan fingerprint density at radius 3 is 2.35 bits per heavy atom. The number of nitrogens with one attached hydrogen (secondary N) is 1. The molecular weight excluding hydrogens is 248 g/mol. The van der Waals surface area contributed by atoms with Crippen molar-refractivity contribution < 1.29 is 4.79 Å². The lowest BCUT2D eigenvalue weighted by molar-refractivity contribution is -0.131. The summed E-state index contributed by atoms with van der Waals surface area (Å²) in [4.78, 5) is 14.1. The summed E-state index contributed by atoms with van der Waals surface area (Å²) in [5, 5.41) is 3.66. The van der Waals surface area contributed by atoms with Crippen LogP contribution in [0.3, 0.4) is 0 Å². The van der Waals surface area contributed by atoms with Crippen LogP contribution in [0.4, 0.5) is 0 Å². The van der Waals surface area contributed by atoms with Crippen molar-refractivity contribution in [3.8, 4) is 0 Å². The first kappa shape index (κ1) is 17.5. The zero-order valence-electron chi connectivity index (χ0n) is 14.3. The summed E-state index contributed by atoms with van der Waals surface area (Å²) >= 11 is 0. The van der Waals surface area contributed by atoms with Gasteiger partial charge in [-0.2, -0.15) is 0 Å². The Kier molecular flexibility index (Phi) is 7.01. The SMILES string of the molecule is CC(C)CC(NC1CCCC(C(C)C)C1)C(=O)N(C)C. The Morgan fingerprint density at radius 2 is 1.85 bits per heavy atom. The van der Waals surface area contributed by atoms with E-state index >= 15 is 0 Å². The van der Waals surface area contributed by atoms with Crippen molar-refractivity contribution in [3.63, 3.8) is 0 Å². The molecule has 118 valence electrons. The van der Waals surface area contributed by atoms with Crippen LogP contribution in [-0.4, -0.2) is 37.0 Å². The maximum absolute atomic E-state index is 12.3. The van der Waals surface area contributed by atoms with Gasteiger partial charge < -0.3 is 10.2 Å². The fourth-order valence-electron chi connectivity index (χ4n) is 3.29. The molecule has 1 saturated carbocycles. The van der Waals surface area contributed by atoms with Crippen LogP contribution in [-0.2, 0) is 4.79 Å². The second-order valence-electron chi connectivity index (χ2n) is 7.45. The van der Waals surface area contributed by atoms with Gasteiger partial charge in [0.25, 0.3) is 0 Å². The van der Waals surface area contributed by atoms with Gasteiger partial charge in [0.1, 0.15) is 0 Å². The maximum atomic E-state index is 12.3. The van der Waals surface area contributed by atoms with Crippen molar-refractivity contribution in [1.29, 1.82) is 0 Å². The van der Waals surface area contributed by atoms with E-state index in [-0.39, 0.29) is 11.9 Å². The van der Waals surface area contributed by atoms with E-state index in [0.29, 0.717) is 12.0 Å². The summed E-state index contributed by atoms with van der Waals surface area (Å²) in [6.07, 6.45) is 6.03. The number of rotatable bonds is 6. The van der Waals surface area contributed by atoms with Crippen LogP contribution in [0.25, 0.3) is 0 Å². The first-order valence-corrected chi connectivity index (χ1v) is 8.28. The Morgan fingerprint density at radius 1 is 1.20 bits per heavy atom. The van der Waals surface area contributed by atoms with Gasteiger partial charge >= 0.3 is 0 Å². The second-order valence-corrected chi connectivity index (χ2v) is 7.45.